The lowest BCUT2D eigenvalue weighted by molar-refractivity contribution is -0.141. The van der Waals surface area contributed by atoms with Gasteiger partial charge in [0.05, 0.1) is 18.1 Å². The Kier molecular flexibility index (Phi) is 6.45. The quantitative estimate of drug-likeness (QED) is 0.429. The number of hydrogen-bond acceptors (Lipinski definition) is 8. The highest BCUT2D eigenvalue weighted by atomic mass is 16.7. The molecule has 31 heavy (non-hydrogen) atoms. The van der Waals surface area contributed by atoms with Crippen LogP contribution in [0.4, 0.5) is 15.5 Å². The molecule has 11 nitrogen and oxygen atoms in total. The number of carbonyl (C=O) groups is 4. The average Bonchev–Trinajstić information content (AvgIpc) is 3.12. The van der Waals surface area contributed by atoms with Gasteiger partial charge in [-0.25, -0.2) is 19.4 Å². The Hall–Kier alpha value is -4.41. The van der Waals surface area contributed by atoms with E-state index in [4.69, 9.17) is 9.84 Å². The van der Waals surface area contributed by atoms with Crippen molar-refractivity contribution in [1.29, 1.82) is 0 Å². The van der Waals surface area contributed by atoms with Crippen LogP contribution in [-0.2, 0) is 25.7 Å². The zero-order valence-corrected chi connectivity index (χ0v) is 16.2. The lowest BCUT2D eigenvalue weighted by Crippen LogP contribution is -2.19. The van der Waals surface area contributed by atoms with Crippen molar-refractivity contribution in [3.05, 3.63) is 59.7 Å². The van der Waals surface area contributed by atoms with Gasteiger partial charge < -0.3 is 19.3 Å². The first-order valence-electron chi connectivity index (χ1n) is 8.85. The summed E-state index contributed by atoms with van der Waals surface area (Å²) in [4.78, 5) is 50.6. The monoisotopic (exact) mass is 427 g/mol. The van der Waals surface area contributed by atoms with E-state index >= 15 is 0 Å². The Morgan fingerprint density at radius 3 is 2.45 bits per heavy atom. The molecule has 0 aliphatic heterocycles. The Labute approximate surface area is 175 Å². The summed E-state index contributed by atoms with van der Waals surface area (Å²) < 4.78 is 15.2. The molecule has 3 rings (SSSR count). The number of hydrogen-bond donors (Lipinski definition) is 2. The van der Waals surface area contributed by atoms with Crippen LogP contribution >= 0.6 is 0 Å². The van der Waals surface area contributed by atoms with Crippen molar-refractivity contribution in [2.24, 2.45) is 0 Å². The number of rotatable bonds is 7. The summed E-state index contributed by atoms with van der Waals surface area (Å²) in [5.41, 5.74) is 1.64. The fourth-order valence-electron chi connectivity index (χ4n) is 2.68. The van der Waals surface area contributed by atoms with E-state index in [1.54, 1.807) is 42.5 Å². The normalized spacial score (nSPS) is 10.4. The lowest BCUT2D eigenvalue weighted by atomic mass is 10.0. The molecule has 11 heteroatoms. The number of carboxylic acid groups (broad SMARTS) is 1. The first-order chi connectivity index (χ1) is 14.9. The number of benzene rings is 2. The van der Waals surface area contributed by atoms with Gasteiger partial charge in [-0.3, -0.25) is 14.7 Å². The van der Waals surface area contributed by atoms with E-state index in [0.29, 0.717) is 22.2 Å². The molecule has 2 N–H and O–H groups in total. The van der Waals surface area contributed by atoms with Gasteiger partial charge in [-0.1, -0.05) is 30.3 Å². The predicted octanol–water partition coefficient (Wildman–Crippen LogP) is 2.64. The highest BCUT2D eigenvalue weighted by Crippen LogP contribution is 2.23. The van der Waals surface area contributed by atoms with E-state index in [2.05, 4.69) is 19.8 Å². The number of imidazole rings is 1. The van der Waals surface area contributed by atoms with Crippen LogP contribution in [0.3, 0.4) is 0 Å². The Bertz CT molecular complexity index is 1140. The largest absolute Gasteiger partial charge is 0.510 e. The maximum atomic E-state index is 12.7. The number of aromatic nitrogens is 2. The number of nitrogens with zero attached hydrogens (tertiary/aromatic N) is 2. The molecule has 0 atom stereocenters. The Balaban J connectivity index is 1.90. The summed E-state index contributed by atoms with van der Waals surface area (Å²) in [6.45, 7) is -1.30. The van der Waals surface area contributed by atoms with Gasteiger partial charge in [-0.05, 0) is 18.2 Å². The third kappa shape index (κ3) is 5.15. The summed E-state index contributed by atoms with van der Waals surface area (Å²) in [7, 11) is 1.17. The summed E-state index contributed by atoms with van der Waals surface area (Å²) in [6.07, 6.45) is -2.03. The van der Waals surface area contributed by atoms with Crippen LogP contribution in [0.1, 0.15) is 15.9 Å². The van der Waals surface area contributed by atoms with Crippen LogP contribution in [0, 0.1) is 0 Å². The minimum absolute atomic E-state index is 0.0165. The lowest BCUT2D eigenvalue weighted by Gasteiger charge is -2.10. The summed E-state index contributed by atoms with van der Waals surface area (Å²) in [5, 5.41) is 10.9. The van der Waals surface area contributed by atoms with E-state index in [1.807, 2.05) is 0 Å². The fraction of sp³-hybridized carbons (Fsp3) is 0.150. The molecule has 0 radical (unpaired) electrons. The first kappa shape index (κ1) is 21.3. The summed E-state index contributed by atoms with van der Waals surface area (Å²) in [5.74, 6) is -1.57. The highest BCUT2D eigenvalue weighted by molar-refractivity contribution is 6.10. The zero-order valence-electron chi connectivity index (χ0n) is 16.2. The maximum Gasteiger partial charge on any atom is 0.510 e. The number of methoxy groups -OCH3 is 1. The third-order valence-electron chi connectivity index (χ3n) is 4.07. The Morgan fingerprint density at radius 2 is 1.77 bits per heavy atom. The van der Waals surface area contributed by atoms with Crippen molar-refractivity contribution in [2.45, 2.75) is 6.73 Å². The molecule has 1 amide bonds. The van der Waals surface area contributed by atoms with Gasteiger partial charge in [0.25, 0.3) is 0 Å². The van der Waals surface area contributed by atoms with Crippen LogP contribution in [0.15, 0.2) is 48.5 Å². The van der Waals surface area contributed by atoms with Crippen LogP contribution in [0.2, 0.25) is 0 Å². The van der Waals surface area contributed by atoms with Gasteiger partial charge in [0.2, 0.25) is 5.95 Å². The Morgan fingerprint density at radius 1 is 1.03 bits per heavy atom. The molecule has 1 heterocycles. The standard InChI is InChI=1S/C20H17N3O8/c1-29-19(27)22-18-21-14-9-13(17(26)12-5-3-2-4-6-12)7-8-15(14)23(18)11-31-20(28)30-10-16(24)25/h2-9H,10-11H2,1H3,(H,24,25)(H,21,22,27). The van der Waals surface area contributed by atoms with Crippen LogP contribution < -0.4 is 5.32 Å². The topological polar surface area (TPSA) is 146 Å². The number of aliphatic carboxylic acids is 1. The number of ether oxygens (including phenoxy) is 3. The molecular formula is C20H17N3O8. The minimum Gasteiger partial charge on any atom is -0.479 e. The summed E-state index contributed by atoms with van der Waals surface area (Å²) in [6, 6.07) is 13.4. The second-order valence-corrected chi connectivity index (χ2v) is 6.08. The molecule has 0 saturated carbocycles. The van der Waals surface area contributed by atoms with Gasteiger partial charge in [0.1, 0.15) is 0 Å². The number of amides is 1. The SMILES string of the molecule is COC(=O)Nc1nc2cc(C(=O)c3ccccc3)ccc2n1COC(=O)OCC(=O)O. The van der Waals surface area contributed by atoms with Gasteiger partial charge in [-0.2, -0.15) is 0 Å². The fourth-order valence-corrected chi connectivity index (χ4v) is 2.68. The van der Waals surface area contributed by atoms with Gasteiger partial charge in [0, 0.05) is 11.1 Å². The van der Waals surface area contributed by atoms with Crippen LogP contribution in [-0.4, -0.2) is 52.4 Å². The summed E-state index contributed by atoms with van der Waals surface area (Å²) >= 11 is 0. The predicted molar refractivity (Wildman–Crippen MR) is 106 cm³/mol. The molecule has 1 aromatic heterocycles. The van der Waals surface area contributed by atoms with E-state index in [-0.39, 0.29) is 11.7 Å². The van der Waals surface area contributed by atoms with Gasteiger partial charge >= 0.3 is 18.2 Å². The molecule has 0 fully saturated rings. The zero-order chi connectivity index (χ0) is 22.4. The molecule has 0 aliphatic rings. The molecule has 0 bridgehead atoms. The van der Waals surface area contributed by atoms with Crippen molar-refractivity contribution in [2.75, 3.05) is 19.0 Å². The van der Waals surface area contributed by atoms with E-state index < -0.39 is 31.6 Å². The minimum atomic E-state index is -1.34. The highest BCUT2D eigenvalue weighted by Gasteiger charge is 2.18. The third-order valence-corrected chi connectivity index (χ3v) is 4.07. The molecule has 2 aromatic carbocycles. The number of anilines is 1. The smallest absolute Gasteiger partial charge is 0.479 e. The molecule has 0 spiro atoms. The first-order valence-corrected chi connectivity index (χ1v) is 8.85. The molecule has 0 saturated heterocycles. The van der Waals surface area contributed by atoms with Crippen molar-refractivity contribution >= 4 is 41.0 Å². The van der Waals surface area contributed by atoms with Gasteiger partial charge in [0.15, 0.2) is 19.1 Å². The number of carbonyl (C=O) groups excluding carboxylic acids is 3. The number of ketones is 1. The van der Waals surface area contributed by atoms with Crippen molar-refractivity contribution in [3.63, 3.8) is 0 Å². The second kappa shape index (κ2) is 9.39. The molecule has 160 valence electrons. The van der Waals surface area contributed by atoms with E-state index in [0.717, 1.165) is 0 Å². The van der Waals surface area contributed by atoms with E-state index in [1.165, 1.54) is 17.7 Å². The average molecular weight is 427 g/mol. The molecule has 0 aliphatic carbocycles. The number of carboxylic acids is 1. The maximum absolute atomic E-state index is 12.7. The second-order valence-electron chi connectivity index (χ2n) is 6.08. The van der Waals surface area contributed by atoms with Crippen LogP contribution in [0.5, 0.6) is 0 Å². The molecular weight excluding hydrogens is 410 g/mol. The van der Waals surface area contributed by atoms with Crippen molar-refractivity contribution in [1.82, 2.24) is 9.55 Å². The number of nitrogens with one attached hydrogen (secondary N) is 1. The molecule has 0 unspecified atom stereocenters. The van der Waals surface area contributed by atoms with Crippen molar-refractivity contribution < 1.29 is 38.5 Å². The van der Waals surface area contributed by atoms with Crippen molar-refractivity contribution in [3.8, 4) is 0 Å². The van der Waals surface area contributed by atoms with E-state index in [9.17, 15) is 19.2 Å². The van der Waals surface area contributed by atoms with Gasteiger partial charge in [-0.15, -0.1) is 0 Å². The number of fused-ring (bicyclic) bond motifs is 1. The molecule has 3 aromatic rings. The van der Waals surface area contributed by atoms with Crippen LogP contribution in [0.25, 0.3) is 11.0 Å².